The van der Waals surface area contributed by atoms with E-state index in [1.165, 1.54) is 11.0 Å². The van der Waals surface area contributed by atoms with Crippen LogP contribution in [0.4, 0.5) is 15.8 Å². The number of nitrogens with zero attached hydrogens (tertiary/aromatic N) is 1. The summed E-state index contributed by atoms with van der Waals surface area (Å²) >= 11 is 0. The van der Waals surface area contributed by atoms with Crippen molar-refractivity contribution in [2.75, 3.05) is 10.2 Å². The van der Waals surface area contributed by atoms with Crippen LogP contribution in [0, 0.1) is 5.41 Å². The van der Waals surface area contributed by atoms with Crippen LogP contribution in [0.15, 0.2) is 36.7 Å². The number of imide groups is 1. The van der Waals surface area contributed by atoms with Gasteiger partial charge in [-0.25, -0.2) is 9.29 Å². The second-order valence-electron chi connectivity index (χ2n) is 6.11. The van der Waals surface area contributed by atoms with E-state index in [2.05, 4.69) is 11.9 Å². The molecule has 1 spiro atoms. The minimum absolute atomic E-state index is 0.168. The van der Waals surface area contributed by atoms with Crippen LogP contribution in [0.1, 0.15) is 32.1 Å². The molecular weight excluding hydrogens is 299 g/mol. The molecule has 1 heterocycles. The van der Waals surface area contributed by atoms with Gasteiger partial charge in [0.1, 0.15) is 0 Å². The maximum Gasteiger partial charge on any atom is 0.283 e. The Morgan fingerprint density at radius 2 is 1.96 bits per heavy atom. The Kier molecular flexibility index (Phi) is 3.75. The Morgan fingerprint density at radius 3 is 2.61 bits per heavy atom. The zero-order chi connectivity index (χ0) is 16.6. The molecule has 23 heavy (non-hydrogen) atoms. The van der Waals surface area contributed by atoms with E-state index in [9.17, 15) is 18.8 Å². The van der Waals surface area contributed by atoms with Gasteiger partial charge in [0, 0.05) is 12.1 Å². The van der Waals surface area contributed by atoms with Crippen LogP contribution < -0.4 is 10.2 Å². The average molecular weight is 316 g/mol. The van der Waals surface area contributed by atoms with Gasteiger partial charge >= 0.3 is 0 Å². The van der Waals surface area contributed by atoms with Crippen molar-refractivity contribution in [3.63, 3.8) is 0 Å². The molecule has 0 unspecified atom stereocenters. The molecule has 1 N–H and O–H groups in total. The largest absolute Gasteiger partial charge is 0.320 e. The Hall–Kier alpha value is -2.50. The number of amides is 3. The number of carbonyl (C=O) groups excluding carboxylic acids is 3. The third-order valence-corrected chi connectivity index (χ3v) is 4.57. The molecule has 1 aliphatic carbocycles. The van der Waals surface area contributed by atoms with Crippen LogP contribution in [-0.4, -0.2) is 17.7 Å². The van der Waals surface area contributed by atoms with Crippen LogP contribution >= 0.6 is 0 Å². The van der Waals surface area contributed by atoms with Crippen molar-refractivity contribution in [2.45, 2.75) is 32.1 Å². The molecule has 6 heteroatoms. The van der Waals surface area contributed by atoms with Gasteiger partial charge in [-0.1, -0.05) is 25.5 Å². The Balaban J connectivity index is 1.87. The average Bonchev–Trinajstić information content (AvgIpc) is 3.06. The van der Waals surface area contributed by atoms with E-state index in [1.54, 1.807) is 18.2 Å². The highest BCUT2D eigenvalue weighted by Crippen LogP contribution is 2.48. The zero-order valence-corrected chi connectivity index (χ0v) is 12.6. The van der Waals surface area contributed by atoms with Crippen molar-refractivity contribution >= 4 is 29.1 Å². The SMILES string of the molecule is C=C(F)C(=O)Nc1cccc(N2C(=O)CC3(CCCC3)C2=O)c1. The van der Waals surface area contributed by atoms with Crippen LogP contribution in [0.5, 0.6) is 0 Å². The molecule has 1 aromatic carbocycles. The normalized spacial score (nSPS) is 19.4. The van der Waals surface area contributed by atoms with Gasteiger partial charge in [0.25, 0.3) is 5.91 Å². The summed E-state index contributed by atoms with van der Waals surface area (Å²) in [6.07, 6.45) is 3.64. The molecule has 5 nitrogen and oxygen atoms in total. The molecule has 1 aromatic rings. The van der Waals surface area contributed by atoms with E-state index in [0.29, 0.717) is 11.4 Å². The Labute approximate surface area is 133 Å². The van der Waals surface area contributed by atoms with Crippen LogP contribution in [0.25, 0.3) is 0 Å². The lowest BCUT2D eigenvalue weighted by atomic mass is 9.84. The third kappa shape index (κ3) is 2.65. The number of nitrogens with one attached hydrogen (secondary N) is 1. The molecule has 2 fully saturated rings. The van der Waals surface area contributed by atoms with E-state index in [4.69, 9.17) is 0 Å². The second kappa shape index (κ2) is 5.61. The number of rotatable bonds is 3. The lowest BCUT2D eigenvalue weighted by molar-refractivity contribution is -0.125. The van der Waals surface area contributed by atoms with E-state index in [-0.39, 0.29) is 18.2 Å². The van der Waals surface area contributed by atoms with Gasteiger partial charge in [-0.3, -0.25) is 14.4 Å². The van der Waals surface area contributed by atoms with E-state index >= 15 is 0 Å². The number of anilines is 2. The Morgan fingerprint density at radius 1 is 1.26 bits per heavy atom. The first-order valence-corrected chi connectivity index (χ1v) is 7.56. The lowest BCUT2D eigenvalue weighted by Crippen LogP contribution is -2.34. The summed E-state index contributed by atoms with van der Waals surface area (Å²) in [5, 5.41) is 2.33. The molecule has 1 saturated carbocycles. The fourth-order valence-electron chi connectivity index (χ4n) is 3.42. The van der Waals surface area contributed by atoms with Crippen molar-refractivity contribution in [3.8, 4) is 0 Å². The smallest absolute Gasteiger partial charge is 0.283 e. The molecule has 2 aliphatic rings. The van der Waals surface area contributed by atoms with E-state index in [0.717, 1.165) is 25.7 Å². The number of halogens is 1. The highest BCUT2D eigenvalue weighted by Gasteiger charge is 2.53. The van der Waals surface area contributed by atoms with Crippen molar-refractivity contribution < 1.29 is 18.8 Å². The standard InChI is InChI=1S/C17H17FN2O3/c1-11(18)15(22)19-12-5-4-6-13(9-12)20-14(21)10-17(16(20)23)7-2-3-8-17/h4-6,9H,1-3,7-8,10H2,(H,19,22). The molecule has 0 aromatic heterocycles. The van der Waals surface area contributed by atoms with Crippen molar-refractivity contribution in [2.24, 2.45) is 5.41 Å². The Bertz CT molecular complexity index is 708. The fraction of sp³-hybridized carbons (Fsp3) is 0.353. The zero-order valence-electron chi connectivity index (χ0n) is 12.6. The maximum atomic E-state index is 12.8. The van der Waals surface area contributed by atoms with Gasteiger partial charge in [0.05, 0.1) is 11.1 Å². The predicted octanol–water partition coefficient (Wildman–Crippen LogP) is 2.93. The molecule has 1 saturated heterocycles. The minimum atomic E-state index is -1.10. The highest BCUT2D eigenvalue weighted by atomic mass is 19.1. The predicted molar refractivity (Wildman–Crippen MR) is 83.3 cm³/mol. The number of carbonyl (C=O) groups is 3. The summed E-state index contributed by atoms with van der Waals surface area (Å²) in [7, 11) is 0. The summed E-state index contributed by atoms with van der Waals surface area (Å²) in [4.78, 5) is 37.6. The first kappa shape index (κ1) is 15.4. The molecule has 120 valence electrons. The van der Waals surface area contributed by atoms with Crippen LogP contribution in [0.3, 0.4) is 0 Å². The third-order valence-electron chi connectivity index (χ3n) is 4.57. The lowest BCUT2D eigenvalue weighted by Gasteiger charge is -2.21. The van der Waals surface area contributed by atoms with Crippen molar-refractivity contribution in [1.29, 1.82) is 0 Å². The maximum absolute atomic E-state index is 12.8. The van der Waals surface area contributed by atoms with Crippen molar-refractivity contribution in [3.05, 3.63) is 36.7 Å². The monoisotopic (exact) mass is 316 g/mol. The second-order valence-corrected chi connectivity index (χ2v) is 6.11. The van der Waals surface area contributed by atoms with Crippen molar-refractivity contribution in [1.82, 2.24) is 0 Å². The molecule has 1 aliphatic heterocycles. The molecule has 3 rings (SSSR count). The van der Waals surface area contributed by atoms with Gasteiger partial charge in [-0.05, 0) is 31.0 Å². The van der Waals surface area contributed by atoms with Gasteiger partial charge in [0.2, 0.25) is 11.8 Å². The van der Waals surface area contributed by atoms with E-state index in [1.807, 2.05) is 0 Å². The number of benzene rings is 1. The molecule has 3 amide bonds. The number of hydrogen-bond donors (Lipinski definition) is 1. The van der Waals surface area contributed by atoms with E-state index < -0.39 is 17.1 Å². The first-order valence-electron chi connectivity index (χ1n) is 7.56. The van der Waals surface area contributed by atoms with Gasteiger partial charge < -0.3 is 5.32 Å². The van der Waals surface area contributed by atoms with Gasteiger partial charge in [-0.2, -0.15) is 0 Å². The summed E-state index contributed by atoms with van der Waals surface area (Å²) < 4.78 is 12.8. The fourth-order valence-corrected chi connectivity index (χ4v) is 3.42. The van der Waals surface area contributed by atoms with Gasteiger partial charge in [0.15, 0.2) is 5.83 Å². The van der Waals surface area contributed by atoms with Crippen LogP contribution in [0.2, 0.25) is 0 Å². The molecule has 0 bridgehead atoms. The molecule has 0 atom stereocenters. The minimum Gasteiger partial charge on any atom is -0.320 e. The summed E-state index contributed by atoms with van der Waals surface area (Å²) in [6.45, 7) is 2.93. The highest BCUT2D eigenvalue weighted by molar-refractivity contribution is 6.22. The summed E-state index contributed by atoms with van der Waals surface area (Å²) in [5.41, 5.74) is 0.147. The molecular formula is C17H17FN2O3. The molecule has 0 radical (unpaired) electrons. The number of hydrogen-bond acceptors (Lipinski definition) is 3. The summed E-state index contributed by atoms with van der Waals surface area (Å²) in [6, 6.07) is 6.28. The van der Waals surface area contributed by atoms with Gasteiger partial charge in [-0.15, -0.1) is 0 Å². The summed E-state index contributed by atoms with van der Waals surface area (Å²) in [5.74, 6) is -2.45. The van der Waals surface area contributed by atoms with Crippen LogP contribution in [-0.2, 0) is 14.4 Å². The topological polar surface area (TPSA) is 66.5 Å². The first-order chi connectivity index (χ1) is 10.9. The quantitative estimate of drug-likeness (QED) is 0.689.